The Morgan fingerprint density at radius 1 is 1.03 bits per heavy atom. The Bertz CT molecular complexity index is 1050. The van der Waals surface area contributed by atoms with Crippen LogP contribution in [-0.4, -0.2) is 34.8 Å². The molecule has 2 aromatic carbocycles. The van der Waals surface area contributed by atoms with Crippen molar-refractivity contribution in [3.05, 3.63) is 75.1 Å². The number of carbonyl (C=O) groups is 2. The molecule has 1 N–H and O–H groups in total. The monoisotopic (exact) mass is 435 g/mol. The van der Waals surface area contributed by atoms with Crippen LogP contribution in [0.3, 0.4) is 0 Å². The fourth-order valence-electron chi connectivity index (χ4n) is 3.14. The third-order valence-corrected chi connectivity index (χ3v) is 6.21. The van der Waals surface area contributed by atoms with Crippen molar-refractivity contribution >= 4 is 23.2 Å². The number of aryl methyl sites for hydroxylation is 2. The number of rotatable bonds is 7. The molecule has 0 atom stereocenters. The van der Waals surface area contributed by atoms with Gasteiger partial charge in [0.1, 0.15) is 0 Å². The molecular weight excluding hydrogens is 406 g/mol. The quantitative estimate of drug-likeness (QED) is 0.582. The van der Waals surface area contributed by atoms with Gasteiger partial charge in [0.05, 0.1) is 17.1 Å². The first-order valence-corrected chi connectivity index (χ1v) is 11.2. The van der Waals surface area contributed by atoms with E-state index >= 15 is 0 Å². The topological polar surface area (TPSA) is 62.3 Å². The van der Waals surface area contributed by atoms with Crippen LogP contribution in [0.1, 0.15) is 45.2 Å². The van der Waals surface area contributed by atoms with Crippen LogP contribution in [0.5, 0.6) is 0 Å². The zero-order valence-corrected chi connectivity index (χ0v) is 19.5. The first-order chi connectivity index (χ1) is 14.7. The minimum absolute atomic E-state index is 0.00483. The van der Waals surface area contributed by atoms with Crippen LogP contribution in [0.4, 0.5) is 0 Å². The number of nitrogens with zero attached hydrogens (tertiary/aromatic N) is 2. The summed E-state index contributed by atoms with van der Waals surface area (Å²) in [4.78, 5) is 32.3. The number of benzene rings is 2. The van der Waals surface area contributed by atoms with Crippen LogP contribution in [0.15, 0.2) is 48.5 Å². The number of aromatic nitrogens is 1. The van der Waals surface area contributed by atoms with E-state index in [1.165, 1.54) is 5.56 Å². The van der Waals surface area contributed by atoms with E-state index in [2.05, 4.69) is 29.4 Å². The van der Waals surface area contributed by atoms with Crippen LogP contribution in [-0.2, 0) is 17.8 Å². The Morgan fingerprint density at radius 3 is 2.29 bits per heavy atom. The summed E-state index contributed by atoms with van der Waals surface area (Å²) in [5.74, 6) is -0.0495. The summed E-state index contributed by atoms with van der Waals surface area (Å²) in [6, 6.07) is 15.7. The molecule has 3 aromatic rings. The summed E-state index contributed by atoms with van der Waals surface area (Å²) in [6.07, 6.45) is 0.296. The molecule has 0 fully saturated rings. The fraction of sp³-hybridized carbons (Fsp3) is 0.320. The minimum Gasteiger partial charge on any atom is -0.352 e. The Morgan fingerprint density at radius 2 is 1.68 bits per heavy atom. The molecule has 5 nitrogen and oxygen atoms in total. The molecule has 1 heterocycles. The van der Waals surface area contributed by atoms with Gasteiger partial charge in [0.25, 0.3) is 5.91 Å². The molecule has 0 unspecified atom stereocenters. The summed E-state index contributed by atoms with van der Waals surface area (Å²) in [7, 11) is 1.80. The molecule has 0 aliphatic rings. The van der Waals surface area contributed by atoms with Crippen LogP contribution in [0.2, 0.25) is 0 Å². The van der Waals surface area contributed by atoms with Gasteiger partial charge >= 0.3 is 0 Å². The summed E-state index contributed by atoms with van der Waals surface area (Å²) in [6.45, 7) is 8.40. The molecule has 2 amide bonds. The van der Waals surface area contributed by atoms with Gasteiger partial charge in [-0.05, 0) is 45.4 Å². The Kier molecular flexibility index (Phi) is 7.23. The van der Waals surface area contributed by atoms with Gasteiger partial charge in [0.2, 0.25) is 5.91 Å². The molecule has 3 rings (SSSR count). The van der Waals surface area contributed by atoms with Crippen molar-refractivity contribution in [1.29, 1.82) is 0 Å². The molecule has 0 radical (unpaired) electrons. The second-order valence-electron chi connectivity index (χ2n) is 8.03. The van der Waals surface area contributed by atoms with E-state index in [1.807, 2.05) is 57.2 Å². The van der Waals surface area contributed by atoms with Gasteiger partial charge in [-0.2, -0.15) is 0 Å². The minimum atomic E-state index is -0.0447. The van der Waals surface area contributed by atoms with Gasteiger partial charge in [-0.1, -0.05) is 42.0 Å². The number of thiazole rings is 1. The second-order valence-corrected chi connectivity index (χ2v) is 9.32. The number of hydrogen-bond acceptors (Lipinski definition) is 4. The van der Waals surface area contributed by atoms with E-state index in [4.69, 9.17) is 0 Å². The highest BCUT2D eigenvalue weighted by atomic mass is 32.1. The van der Waals surface area contributed by atoms with Gasteiger partial charge in [-0.3, -0.25) is 9.59 Å². The zero-order valence-electron chi connectivity index (χ0n) is 18.7. The van der Waals surface area contributed by atoms with E-state index in [9.17, 15) is 9.59 Å². The van der Waals surface area contributed by atoms with Crippen molar-refractivity contribution in [3.8, 4) is 11.3 Å². The maximum atomic E-state index is 12.6. The standard InChI is InChI=1S/C25H29N3O2S/c1-16(2)28(5)25(30)21-12-8-19(9-13-21)15-26-23(29)14-22-24(27-18(4)31-22)20-10-6-17(3)7-11-20/h6-13,16H,14-15H2,1-5H3,(H,26,29). The van der Waals surface area contributed by atoms with Crippen molar-refractivity contribution in [2.75, 3.05) is 7.05 Å². The SMILES string of the molecule is Cc1ccc(-c2nc(C)sc2CC(=O)NCc2ccc(C(=O)N(C)C(C)C)cc2)cc1. The fourth-order valence-corrected chi connectivity index (χ4v) is 4.10. The molecular formula is C25H29N3O2S. The van der Waals surface area contributed by atoms with Crippen LogP contribution in [0, 0.1) is 13.8 Å². The van der Waals surface area contributed by atoms with Gasteiger partial charge in [0.15, 0.2) is 0 Å². The van der Waals surface area contributed by atoms with Crippen LogP contribution < -0.4 is 5.32 Å². The van der Waals surface area contributed by atoms with E-state index in [1.54, 1.807) is 23.3 Å². The number of nitrogens with one attached hydrogen (secondary N) is 1. The lowest BCUT2D eigenvalue weighted by molar-refractivity contribution is -0.120. The normalized spacial score (nSPS) is 10.9. The first kappa shape index (κ1) is 22.7. The average molecular weight is 436 g/mol. The molecule has 0 aliphatic carbocycles. The highest BCUT2D eigenvalue weighted by molar-refractivity contribution is 7.12. The Hall–Kier alpha value is -2.99. The van der Waals surface area contributed by atoms with Crippen molar-refractivity contribution < 1.29 is 9.59 Å². The Labute approximate surface area is 188 Å². The maximum absolute atomic E-state index is 12.6. The molecule has 0 bridgehead atoms. The van der Waals surface area contributed by atoms with E-state index in [0.29, 0.717) is 18.5 Å². The van der Waals surface area contributed by atoms with Crippen LogP contribution in [0.25, 0.3) is 11.3 Å². The highest BCUT2D eigenvalue weighted by Crippen LogP contribution is 2.28. The van der Waals surface area contributed by atoms with Gasteiger partial charge in [-0.25, -0.2) is 4.98 Å². The van der Waals surface area contributed by atoms with Crippen molar-refractivity contribution in [3.63, 3.8) is 0 Å². The molecule has 162 valence electrons. The van der Waals surface area contributed by atoms with Gasteiger partial charge in [0, 0.05) is 35.6 Å². The first-order valence-electron chi connectivity index (χ1n) is 10.4. The largest absolute Gasteiger partial charge is 0.352 e. The third-order valence-electron chi connectivity index (χ3n) is 5.24. The molecule has 0 saturated heterocycles. The number of amides is 2. The van der Waals surface area contributed by atoms with Gasteiger partial charge < -0.3 is 10.2 Å². The molecule has 0 aliphatic heterocycles. The van der Waals surface area contributed by atoms with Crippen LogP contribution >= 0.6 is 11.3 Å². The summed E-state index contributed by atoms with van der Waals surface area (Å²) >= 11 is 1.56. The molecule has 6 heteroatoms. The van der Waals surface area contributed by atoms with Crippen molar-refractivity contribution in [2.45, 2.75) is 46.7 Å². The van der Waals surface area contributed by atoms with E-state index < -0.39 is 0 Å². The predicted molar refractivity (Wildman–Crippen MR) is 126 cm³/mol. The zero-order chi connectivity index (χ0) is 22.5. The molecule has 0 spiro atoms. The van der Waals surface area contributed by atoms with Gasteiger partial charge in [-0.15, -0.1) is 11.3 Å². The lowest BCUT2D eigenvalue weighted by Crippen LogP contribution is -2.32. The Balaban J connectivity index is 1.61. The second kappa shape index (κ2) is 9.88. The molecule has 31 heavy (non-hydrogen) atoms. The lowest BCUT2D eigenvalue weighted by atomic mass is 10.1. The summed E-state index contributed by atoms with van der Waals surface area (Å²) in [5, 5.41) is 3.93. The van der Waals surface area contributed by atoms with E-state index in [-0.39, 0.29) is 17.9 Å². The summed E-state index contributed by atoms with van der Waals surface area (Å²) in [5.41, 5.74) is 4.71. The average Bonchev–Trinajstić information content (AvgIpc) is 3.11. The molecule has 1 aromatic heterocycles. The third kappa shape index (κ3) is 5.79. The van der Waals surface area contributed by atoms with Crippen molar-refractivity contribution in [1.82, 2.24) is 15.2 Å². The lowest BCUT2D eigenvalue weighted by Gasteiger charge is -2.21. The highest BCUT2D eigenvalue weighted by Gasteiger charge is 2.16. The number of carbonyl (C=O) groups excluding carboxylic acids is 2. The summed E-state index contributed by atoms with van der Waals surface area (Å²) < 4.78 is 0. The van der Waals surface area contributed by atoms with E-state index in [0.717, 1.165) is 26.7 Å². The van der Waals surface area contributed by atoms with Crippen molar-refractivity contribution in [2.24, 2.45) is 0 Å². The predicted octanol–water partition coefficient (Wildman–Crippen LogP) is 4.77. The number of hydrogen-bond donors (Lipinski definition) is 1. The molecule has 0 saturated carbocycles. The maximum Gasteiger partial charge on any atom is 0.253 e. The smallest absolute Gasteiger partial charge is 0.253 e.